The molecule has 3 rings (SSSR count). The summed E-state index contributed by atoms with van der Waals surface area (Å²) in [5.41, 5.74) is 0. The van der Waals surface area contributed by atoms with E-state index in [1.54, 1.807) is 0 Å². The Balaban J connectivity index is 1.44. The molecule has 1 aromatic rings. The molecular formula is C12H19N3. The highest BCUT2D eigenvalue weighted by Crippen LogP contribution is 2.44. The number of nitrogens with zero attached hydrogens (tertiary/aromatic N) is 2. The summed E-state index contributed by atoms with van der Waals surface area (Å²) in [6.07, 6.45) is 9.70. The van der Waals surface area contributed by atoms with E-state index in [0.29, 0.717) is 0 Å². The van der Waals surface area contributed by atoms with Crippen LogP contribution >= 0.6 is 0 Å². The summed E-state index contributed by atoms with van der Waals surface area (Å²) in [6, 6.07) is 2.81. The first-order valence-electron chi connectivity index (χ1n) is 6.14. The number of nitrogens with one attached hydrogen (secondary N) is 1. The van der Waals surface area contributed by atoms with Crippen molar-refractivity contribution >= 4 is 0 Å². The van der Waals surface area contributed by atoms with E-state index in [2.05, 4.69) is 10.4 Å². The van der Waals surface area contributed by atoms with Gasteiger partial charge < -0.3 is 5.32 Å². The SMILES string of the molecule is c1cnn(CCNC(C2CC2)C2CC2)c1. The van der Waals surface area contributed by atoms with Crippen LogP contribution in [0.2, 0.25) is 0 Å². The van der Waals surface area contributed by atoms with Crippen LogP contribution in [0, 0.1) is 11.8 Å². The first-order valence-corrected chi connectivity index (χ1v) is 6.14. The van der Waals surface area contributed by atoms with Crippen LogP contribution in [-0.2, 0) is 6.54 Å². The van der Waals surface area contributed by atoms with Crippen molar-refractivity contribution in [3.63, 3.8) is 0 Å². The Hall–Kier alpha value is -0.830. The highest BCUT2D eigenvalue weighted by atomic mass is 15.3. The van der Waals surface area contributed by atoms with Gasteiger partial charge in [-0.15, -0.1) is 0 Å². The first kappa shape index (κ1) is 9.40. The fraction of sp³-hybridized carbons (Fsp3) is 0.750. The zero-order valence-electron chi connectivity index (χ0n) is 9.10. The van der Waals surface area contributed by atoms with Crippen molar-refractivity contribution in [2.75, 3.05) is 6.54 Å². The minimum atomic E-state index is 0.820. The van der Waals surface area contributed by atoms with Crippen molar-refractivity contribution < 1.29 is 0 Å². The first-order chi connectivity index (χ1) is 7.43. The maximum atomic E-state index is 4.21. The summed E-state index contributed by atoms with van der Waals surface area (Å²) in [5.74, 6) is 1.99. The Kier molecular flexibility index (Phi) is 2.49. The van der Waals surface area contributed by atoms with Crippen molar-refractivity contribution in [2.45, 2.75) is 38.3 Å². The smallest absolute Gasteiger partial charge is 0.0534 e. The third kappa shape index (κ3) is 2.40. The Labute approximate surface area is 90.9 Å². The van der Waals surface area contributed by atoms with Crippen LogP contribution in [0.3, 0.4) is 0 Å². The lowest BCUT2D eigenvalue weighted by Crippen LogP contribution is -2.35. The van der Waals surface area contributed by atoms with Crippen LogP contribution in [0.1, 0.15) is 25.7 Å². The second kappa shape index (κ2) is 3.97. The summed E-state index contributed by atoms with van der Waals surface area (Å²) in [4.78, 5) is 0. The molecule has 0 bridgehead atoms. The van der Waals surface area contributed by atoms with Gasteiger partial charge in [0, 0.05) is 25.0 Å². The molecule has 0 spiro atoms. The fourth-order valence-corrected chi connectivity index (χ4v) is 2.41. The summed E-state index contributed by atoms with van der Waals surface area (Å²) in [5, 5.41) is 7.93. The van der Waals surface area contributed by atoms with Gasteiger partial charge in [0.1, 0.15) is 0 Å². The molecule has 2 fully saturated rings. The Morgan fingerprint density at radius 3 is 2.53 bits per heavy atom. The molecule has 3 nitrogen and oxygen atoms in total. The van der Waals surface area contributed by atoms with Gasteiger partial charge in [-0.2, -0.15) is 5.10 Å². The topological polar surface area (TPSA) is 29.9 Å². The summed E-state index contributed by atoms with van der Waals surface area (Å²) in [7, 11) is 0. The lowest BCUT2D eigenvalue weighted by Gasteiger charge is -2.17. The highest BCUT2D eigenvalue weighted by Gasteiger charge is 2.40. The zero-order chi connectivity index (χ0) is 10.1. The van der Waals surface area contributed by atoms with Gasteiger partial charge in [-0.25, -0.2) is 0 Å². The molecule has 0 amide bonds. The van der Waals surface area contributed by atoms with E-state index >= 15 is 0 Å². The minimum absolute atomic E-state index is 0.820. The van der Waals surface area contributed by atoms with Crippen molar-refractivity contribution in [2.24, 2.45) is 11.8 Å². The molecule has 2 aliphatic rings. The third-order valence-electron chi connectivity index (χ3n) is 3.54. The molecule has 0 radical (unpaired) electrons. The maximum absolute atomic E-state index is 4.21. The van der Waals surface area contributed by atoms with Gasteiger partial charge in [0.2, 0.25) is 0 Å². The molecule has 0 unspecified atom stereocenters. The molecule has 2 saturated carbocycles. The molecule has 2 aliphatic carbocycles. The van der Waals surface area contributed by atoms with E-state index in [-0.39, 0.29) is 0 Å². The standard InChI is InChI=1S/C12H19N3/c1-6-14-15(8-1)9-7-13-12(10-2-3-10)11-4-5-11/h1,6,8,10-13H,2-5,7,9H2. The lowest BCUT2D eigenvalue weighted by atomic mass is 10.1. The fourth-order valence-electron chi connectivity index (χ4n) is 2.41. The Morgan fingerprint density at radius 2 is 2.00 bits per heavy atom. The van der Waals surface area contributed by atoms with Crippen LogP contribution in [0.4, 0.5) is 0 Å². The Bertz CT molecular complexity index is 287. The molecule has 3 heteroatoms. The molecular weight excluding hydrogens is 186 g/mol. The van der Waals surface area contributed by atoms with E-state index in [1.807, 2.05) is 23.1 Å². The average molecular weight is 205 g/mol. The van der Waals surface area contributed by atoms with Crippen LogP contribution in [0.15, 0.2) is 18.5 Å². The summed E-state index contributed by atoms with van der Waals surface area (Å²) < 4.78 is 2.00. The summed E-state index contributed by atoms with van der Waals surface area (Å²) in [6.45, 7) is 2.07. The lowest BCUT2D eigenvalue weighted by molar-refractivity contribution is 0.401. The van der Waals surface area contributed by atoms with Gasteiger partial charge in [0.15, 0.2) is 0 Å². The van der Waals surface area contributed by atoms with Crippen molar-refractivity contribution in [1.82, 2.24) is 15.1 Å². The van der Waals surface area contributed by atoms with Crippen LogP contribution < -0.4 is 5.32 Å². The second-order valence-electron chi connectivity index (χ2n) is 4.92. The van der Waals surface area contributed by atoms with Gasteiger partial charge in [0.05, 0.1) is 6.54 Å². The van der Waals surface area contributed by atoms with Gasteiger partial charge in [-0.3, -0.25) is 4.68 Å². The van der Waals surface area contributed by atoms with Gasteiger partial charge in [-0.1, -0.05) is 0 Å². The molecule has 0 saturated heterocycles. The average Bonchev–Trinajstić information content (AvgIpc) is 3.15. The molecule has 1 aromatic heterocycles. The Morgan fingerprint density at radius 1 is 1.27 bits per heavy atom. The molecule has 0 aliphatic heterocycles. The summed E-state index contributed by atoms with van der Waals surface area (Å²) >= 11 is 0. The van der Waals surface area contributed by atoms with Crippen molar-refractivity contribution in [3.8, 4) is 0 Å². The predicted octanol–water partition coefficient (Wildman–Crippen LogP) is 1.66. The monoisotopic (exact) mass is 205 g/mol. The van der Waals surface area contributed by atoms with E-state index in [1.165, 1.54) is 25.7 Å². The van der Waals surface area contributed by atoms with Crippen molar-refractivity contribution in [1.29, 1.82) is 0 Å². The van der Waals surface area contributed by atoms with E-state index in [4.69, 9.17) is 0 Å². The van der Waals surface area contributed by atoms with Crippen molar-refractivity contribution in [3.05, 3.63) is 18.5 Å². The minimum Gasteiger partial charge on any atom is -0.312 e. The zero-order valence-corrected chi connectivity index (χ0v) is 9.10. The number of hydrogen-bond acceptors (Lipinski definition) is 2. The second-order valence-corrected chi connectivity index (χ2v) is 4.92. The van der Waals surface area contributed by atoms with Crippen LogP contribution in [0.25, 0.3) is 0 Å². The van der Waals surface area contributed by atoms with E-state index in [9.17, 15) is 0 Å². The quantitative estimate of drug-likeness (QED) is 0.765. The predicted molar refractivity (Wildman–Crippen MR) is 59.5 cm³/mol. The van der Waals surface area contributed by atoms with Gasteiger partial charge in [-0.05, 0) is 43.6 Å². The number of rotatable bonds is 6. The van der Waals surface area contributed by atoms with E-state index in [0.717, 1.165) is 31.0 Å². The highest BCUT2D eigenvalue weighted by molar-refractivity contribution is 4.96. The largest absolute Gasteiger partial charge is 0.312 e. The molecule has 1 N–H and O–H groups in total. The molecule has 1 heterocycles. The molecule has 82 valence electrons. The number of hydrogen-bond donors (Lipinski definition) is 1. The molecule has 15 heavy (non-hydrogen) atoms. The van der Waals surface area contributed by atoms with Gasteiger partial charge >= 0.3 is 0 Å². The maximum Gasteiger partial charge on any atom is 0.0534 e. The van der Waals surface area contributed by atoms with Gasteiger partial charge in [0.25, 0.3) is 0 Å². The normalized spacial score (nSPS) is 21.1. The number of aromatic nitrogens is 2. The van der Waals surface area contributed by atoms with Crippen LogP contribution in [-0.4, -0.2) is 22.4 Å². The third-order valence-corrected chi connectivity index (χ3v) is 3.54. The molecule has 0 aromatic carbocycles. The van der Waals surface area contributed by atoms with E-state index < -0.39 is 0 Å². The molecule has 0 atom stereocenters. The van der Waals surface area contributed by atoms with Crippen LogP contribution in [0.5, 0.6) is 0 Å².